The Balaban J connectivity index is 2.94. The molecule has 0 saturated carbocycles. The van der Waals surface area contributed by atoms with Crippen molar-refractivity contribution in [1.29, 1.82) is 0 Å². The molecule has 0 aliphatic heterocycles. The smallest absolute Gasteiger partial charge is 0.279 e. The minimum absolute atomic E-state index is 0.162. The predicted molar refractivity (Wildman–Crippen MR) is 62.3 cm³/mol. The fraction of sp³-hybridized carbons (Fsp3) is 0.400. The molecule has 0 aliphatic rings. The molecule has 1 rings (SSSR count). The molecule has 90 valence electrons. The summed E-state index contributed by atoms with van der Waals surface area (Å²) in [6.07, 6.45) is 0. The molecule has 6 heteroatoms. The van der Waals surface area contributed by atoms with Crippen molar-refractivity contribution in [2.24, 2.45) is 0 Å². The summed E-state index contributed by atoms with van der Waals surface area (Å²) in [5.74, 6) is 0.162. The number of nitrogens with zero attached hydrogens (tertiary/aromatic N) is 1. The Bertz CT molecular complexity index is 442. The summed E-state index contributed by atoms with van der Waals surface area (Å²) in [4.78, 5) is 0. The van der Waals surface area contributed by atoms with Gasteiger partial charge in [-0.15, -0.1) is 0 Å². The van der Waals surface area contributed by atoms with E-state index in [0.717, 1.165) is 5.56 Å². The normalized spacial score (nSPS) is 14.0. The monoisotopic (exact) mass is 244 g/mol. The van der Waals surface area contributed by atoms with E-state index in [1.165, 1.54) is 30.5 Å². The van der Waals surface area contributed by atoms with E-state index in [1.807, 2.05) is 0 Å². The lowest BCUT2D eigenvalue weighted by Gasteiger charge is -2.23. The zero-order valence-corrected chi connectivity index (χ0v) is 10.3. The molecular weight excluding hydrogens is 228 g/mol. The number of rotatable bonds is 4. The molecule has 1 aromatic carbocycles. The van der Waals surface area contributed by atoms with Gasteiger partial charge in [-0.2, -0.15) is 12.7 Å². The van der Waals surface area contributed by atoms with Crippen molar-refractivity contribution in [2.75, 3.05) is 14.1 Å². The number of hydrogen-bond acceptors (Lipinski definition) is 3. The lowest BCUT2D eigenvalue weighted by molar-refractivity contribution is 0.393. The zero-order chi connectivity index (χ0) is 12.3. The molecule has 0 aromatic heterocycles. The maximum absolute atomic E-state index is 11.5. The molecule has 0 saturated heterocycles. The summed E-state index contributed by atoms with van der Waals surface area (Å²) < 4.78 is 26.6. The molecule has 0 bridgehead atoms. The van der Waals surface area contributed by atoms with Gasteiger partial charge in [-0.3, -0.25) is 0 Å². The highest BCUT2D eigenvalue weighted by Gasteiger charge is 2.22. The average molecular weight is 244 g/mol. The topological polar surface area (TPSA) is 69.6 Å². The summed E-state index contributed by atoms with van der Waals surface area (Å²) in [5.41, 5.74) is 0.819. The van der Waals surface area contributed by atoms with Crippen LogP contribution in [0.15, 0.2) is 24.3 Å². The van der Waals surface area contributed by atoms with E-state index < -0.39 is 10.2 Å². The van der Waals surface area contributed by atoms with Crippen molar-refractivity contribution < 1.29 is 13.5 Å². The largest absolute Gasteiger partial charge is 0.508 e. The van der Waals surface area contributed by atoms with Gasteiger partial charge in [-0.25, -0.2) is 4.72 Å². The van der Waals surface area contributed by atoms with Crippen LogP contribution in [0.3, 0.4) is 0 Å². The molecule has 1 unspecified atom stereocenters. The number of aromatic hydroxyl groups is 1. The highest BCUT2D eigenvalue weighted by atomic mass is 32.2. The quantitative estimate of drug-likeness (QED) is 0.825. The van der Waals surface area contributed by atoms with Crippen molar-refractivity contribution >= 4 is 10.2 Å². The maximum atomic E-state index is 11.5. The third-order valence-electron chi connectivity index (χ3n) is 2.56. The van der Waals surface area contributed by atoms with Crippen LogP contribution in [-0.2, 0) is 10.2 Å². The highest BCUT2D eigenvalue weighted by molar-refractivity contribution is 7.87. The van der Waals surface area contributed by atoms with Crippen LogP contribution in [0, 0.1) is 0 Å². The fourth-order valence-electron chi connectivity index (χ4n) is 1.31. The predicted octanol–water partition coefficient (Wildman–Crippen LogP) is 0.849. The second kappa shape index (κ2) is 4.82. The van der Waals surface area contributed by atoms with Crippen LogP contribution < -0.4 is 4.72 Å². The van der Waals surface area contributed by atoms with Gasteiger partial charge in [-0.1, -0.05) is 12.1 Å². The number of nitrogens with one attached hydrogen (secondary N) is 1. The molecule has 5 nitrogen and oxygen atoms in total. The van der Waals surface area contributed by atoms with E-state index in [9.17, 15) is 8.42 Å². The molecule has 0 radical (unpaired) electrons. The molecule has 0 aliphatic carbocycles. The van der Waals surface area contributed by atoms with Gasteiger partial charge in [0.1, 0.15) is 5.75 Å². The first-order valence-corrected chi connectivity index (χ1v) is 6.28. The van der Waals surface area contributed by atoms with Crippen molar-refractivity contribution in [1.82, 2.24) is 9.03 Å². The minimum Gasteiger partial charge on any atom is -0.508 e. The third-order valence-corrected chi connectivity index (χ3v) is 4.15. The van der Waals surface area contributed by atoms with Gasteiger partial charge >= 0.3 is 0 Å². The van der Waals surface area contributed by atoms with Crippen LogP contribution in [0.4, 0.5) is 0 Å². The highest BCUT2D eigenvalue weighted by Crippen LogP contribution is 2.22. The Morgan fingerprint density at radius 3 is 2.25 bits per heavy atom. The van der Waals surface area contributed by atoms with Crippen LogP contribution in [0.5, 0.6) is 5.75 Å². The van der Waals surface area contributed by atoms with Crippen molar-refractivity contribution in [2.45, 2.75) is 13.0 Å². The van der Waals surface area contributed by atoms with E-state index in [1.54, 1.807) is 19.1 Å². The Hall–Kier alpha value is -1.11. The average Bonchev–Trinajstić information content (AvgIpc) is 2.28. The van der Waals surface area contributed by atoms with Crippen molar-refractivity contribution in [3.05, 3.63) is 29.8 Å². The van der Waals surface area contributed by atoms with Crippen LogP contribution in [-0.4, -0.2) is 31.9 Å². The van der Waals surface area contributed by atoms with Crippen LogP contribution in [0.25, 0.3) is 0 Å². The summed E-state index contributed by atoms with van der Waals surface area (Å²) in [7, 11) is -0.561. The second-order valence-corrected chi connectivity index (χ2v) is 5.43. The molecule has 16 heavy (non-hydrogen) atoms. The van der Waals surface area contributed by atoms with Gasteiger partial charge in [0.15, 0.2) is 0 Å². The minimum atomic E-state index is -3.43. The first kappa shape index (κ1) is 13.0. The van der Waals surface area contributed by atoms with Gasteiger partial charge in [0, 0.05) is 20.1 Å². The first-order chi connectivity index (χ1) is 7.38. The fourth-order valence-corrected chi connectivity index (χ4v) is 2.14. The number of hydrogen-bond donors (Lipinski definition) is 2. The molecule has 0 amide bonds. The molecule has 1 atom stereocenters. The van der Waals surface area contributed by atoms with E-state index in [2.05, 4.69) is 4.72 Å². The Morgan fingerprint density at radius 1 is 1.31 bits per heavy atom. The third kappa shape index (κ3) is 2.72. The van der Waals surface area contributed by atoms with Crippen LogP contribution in [0.1, 0.15) is 18.5 Å². The number of benzene rings is 1. The first-order valence-electron chi connectivity index (χ1n) is 4.84. The standard InChI is InChI=1S/C10H16N2O3S/c1-8(12(3)16(14,15)11-2)9-4-6-10(13)7-5-9/h4-8,11,13H,1-3H3. The lowest BCUT2D eigenvalue weighted by atomic mass is 10.1. The Morgan fingerprint density at radius 2 is 1.81 bits per heavy atom. The van der Waals surface area contributed by atoms with Gasteiger partial charge in [0.25, 0.3) is 10.2 Å². The van der Waals surface area contributed by atoms with E-state index >= 15 is 0 Å². The Labute approximate surface area is 95.9 Å². The summed E-state index contributed by atoms with van der Waals surface area (Å²) in [6, 6.07) is 6.17. The van der Waals surface area contributed by atoms with Gasteiger partial charge in [0.2, 0.25) is 0 Å². The zero-order valence-electron chi connectivity index (χ0n) is 9.51. The summed E-state index contributed by atoms with van der Waals surface area (Å²) in [5, 5.41) is 9.14. The molecule has 0 fully saturated rings. The molecule has 2 N–H and O–H groups in total. The molecule has 0 heterocycles. The molecule has 0 spiro atoms. The van der Waals surface area contributed by atoms with Gasteiger partial charge < -0.3 is 5.11 Å². The number of phenols is 1. The van der Waals surface area contributed by atoms with E-state index in [-0.39, 0.29) is 11.8 Å². The van der Waals surface area contributed by atoms with Crippen molar-refractivity contribution in [3.63, 3.8) is 0 Å². The van der Waals surface area contributed by atoms with E-state index in [0.29, 0.717) is 0 Å². The van der Waals surface area contributed by atoms with Crippen LogP contribution >= 0.6 is 0 Å². The summed E-state index contributed by atoms with van der Waals surface area (Å²) >= 11 is 0. The van der Waals surface area contributed by atoms with Gasteiger partial charge in [0.05, 0.1) is 0 Å². The lowest BCUT2D eigenvalue weighted by Crippen LogP contribution is -2.37. The van der Waals surface area contributed by atoms with Crippen molar-refractivity contribution in [3.8, 4) is 5.75 Å². The second-order valence-electron chi connectivity index (χ2n) is 3.49. The van der Waals surface area contributed by atoms with E-state index in [4.69, 9.17) is 5.11 Å². The number of phenolic OH excluding ortho intramolecular Hbond substituents is 1. The van der Waals surface area contributed by atoms with Crippen LogP contribution in [0.2, 0.25) is 0 Å². The maximum Gasteiger partial charge on any atom is 0.279 e. The Kier molecular flexibility index (Phi) is 3.90. The molecule has 1 aromatic rings. The SMILES string of the molecule is CNS(=O)(=O)N(C)C(C)c1ccc(O)cc1. The summed E-state index contributed by atoms with van der Waals surface area (Å²) in [6.45, 7) is 1.78. The molecular formula is C10H16N2O3S. The van der Waals surface area contributed by atoms with Gasteiger partial charge in [-0.05, 0) is 24.6 Å².